The molecule has 1 spiro atoms. The summed E-state index contributed by atoms with van der Waals surface area (Å²) in [6.45, 7) is 4.79. The summed E-state index contributed by atoms with van der Waals surface area (Å²) >= 11 is 3.40. The lowest BCUT2D eigenvalue weighted by Crippen LogP contribution is -2.52. The van der Waals surface area contributed by atoms with Crippen molar-refractivity contribution in [3.05, 3.63) is 11.1 Å². The maximum Gasteiger partial charge on any atom is 0.0268 e. The summed E-state index contributed by atoms with van der Waals surface area (Å²) in [4.78, 5) is 0. The van der Waals surface area contributed by atoms with Gasteiger partial charge in [0.2, 0.25) is 0 Å². The fourth-order valence-corrected chi connectivity index (χ4v) is 3.09. The zero-order valence-electron chi connectivity index (χ0n) is 8.11. The minimum Gasteiger partial charge on any atom is -0.309 e. The zero-order valence-corrected chi connectivity index (χ0v) is 9.70. The van der Waals surface area contributed by atoms with Gasteiger partial charge in [-0.15, -0.1) is 0 Å². The average Bonchev–Trinajstić information content (AvgIpc) is 2.51. The van der Waals surface area contributed by atoms with Gasteiger partial charge in [0.1, 0.15) is 0 Å². The van der Waals surface area contributed by atoms with Gasteiger partial charge in [0, 0.05) is 17.1 Å². The van der Waals surface area contributed by atoms with E-state index in [9.17, 15) is 0 Å². The molecular formula is C11H18BrN. The molecule has 0 aromatic heterocycles. The van der Waals surface area contributed by atoms with E-state index in [4.69, 9.17) is 0 Å². The van der Waals surface area contributed by atoms with E-state index in [0.717, 1.165) is 17.1 Å². The quantitative estimate of drug-likeness (QED) is 0.803. The van der Waals surface area contributed by atoms with Gasteiger partial charge in [-0.1, -0.05) is 35.4 Å². The van der Waals surface area contributed by atoms with Crippen LogP contribution in [0.4, 0.5) is 0 Å². The Labute approximate surface area is 89.1 Å². The highest BCUT2D eigenvalue weighted by molar-refractivity contribution is 9.11. The third-order valence-electron chi connectivity index (χ3n) is 3.81. The van der Waals surface area contributed by atoms with E-state index < -0.39 is 0 Å². The maximum atomic E-state index is 3.85. The lowest BCUT2D eigenvalue weighted by atomic mass is 9.63. The number of hydrogen-bond donors (Lipinski definition) is 1. The van der Waals surface area contributed by atoms with E-state index in [0.29, 0.717) is 5.41 Å². The fraction of sp³-hybridized carbons (Fsp3) is 0.818. The smallest absolute Gasteiger partial charge is 0.0268 e. The van der Waals surface area contributed by atoms with E-state index in [1.165, 1.54) is 38.5 Å². The molecule has 1 nitrogen and oxygen atoms in total. The van der Waals surface area contributed by atoms with Crippen LogP contribution in [-0.4, -0.2) is 12.6 Å². The summed E-state index contributed by atoms with van der Waals surface area (Å²) in [5, 5.41) is 3.60. The summed E-state index contributed by atoms with van der Waals surface area (Å²) in [5.41, 5.74) is 0.697. The molecule has 1 atom stereocenters. The SMILES string of the molecule is C=C(Br)CNC1CCC12CCCC2. The first kappa shape index (κ1) is 9.72. The zero-order chi connectivity index (χ0) is 9.31. The number of rotatable bonds is 3. The molecule has 1 unspecified atom stereocenters. The third kappa shape index (κ3) is 1.84. The molecule has 0 saturated heterocycles. The summed E-state index contributed by atoms with van der Waals surface area (Å²) in [7, 11) is 0. The molecule has 2 saturated carbocycles. The summed E-state index contributed by atoms with van der Waals surface area (Å²) in [5.74, 6) is 0. The van der Waals surface area contributed by atoms with Gasteiger partial charge in [-0.3, -0.25) is 0 Å². The molecule has 13 heavy (non-hydrogen) atoms. The Balaban J connectivity index is 1.83. The molecule has 2 fully saturated rings. The van der Waals surface area contributed by atoms with Crippen LogP contribution in [0.3, 0.4) is 0 Å². The van der Waals surface area contributed by atoms with Crippen molar-refractivity contribution < 1.29 is 0 Å². The Morgan fingerprint density at radius 1 is 1.38 bits per heavy atom. The van der Waals surface area contributed by atoms with E-state index in [1.807, 2.05) is 0 Å². The lowest BCUT2D eigenvalue weighted by molar-refractivity contribution is 0.0758. The minimum absolute atomic E-state index is 0.697. The molecule has 0 bridgehead atoms. The van der Waals surface area contributed by atoms with Gasteiger partial charge < -0.3 is 5.32 Å². The fourth-order valence-electron chi connectivity index (χ4n) is 2.93. The summed E-state index contributed by atoms with van der Waals surface area (Å²) in [6, 6.07) is 0.782. The minimum atomic E-state index is 0.697. The highest BCUT2D eigenvalue weighted by Crippen LogP contribution is 2.53. The van der Waals surface area contributed by atoms with Gasteiger partial charge in [0.25, 0.3) is 0 Å². The third-order valence-corrected chi connectivity index (χ3v) is 4.09. The first-order valence-electron chi connectivity index (χ1n) is 5.30. The predicted octanol–water partition coefficient (Wildman–Crippen LogP) is 3.21. The van der Waals surface area contributed by atoms with Gasteiger partial charge >= 0.3 is 0 Å². The van der Waals surface area contributed by atoms with Crippen molar-refractivity contribution in [2.45, 2.75) is 44.6 Å². The second-order valence-electron chi connectivity index (χ2n) is 4.56. The van der Waals surface area contributed by atoms with Crippen LogP contribution >= 0.6 is 15.9 Å². The normalized spacial score (nSPS) is 30.4. The first-order valence-corrected chi connectivity index (χ1v) is 6.09. The molecule has 1 N–H and O–H groups in total. The Bertz CT molecular complexity index is 206. The van der Waals surface area contributed by atoms with Crippen LogP contribution in [0.5, 0.6) is 0 Å². The molecule has 2 heteroatoms. The molecule has 2 aliphatic rings. The molecular weight excluding hydrogens is 226 g/mol. The molecule has 0 aromatic carbocycles. The first-order chi connectivity index (χ1) is 6.23. The van der Waals surface area contributed by atoms with E-state index in [-0.39, 0.29) is 0 Å². The molecule has 74 valence electrons. The van der Waals surface area contributed by atoms with Gasteiger partial charge in [-0.25, -0.2) is 0 Å². The predicted molar refractivity (Wildman–Crippen MR) is 60.0 cm³/mol. The highest BCUT2D eigenvalue weighted by atomic mass is 79.9. The Morgan fingerprint density at radius 2 is 2.08 bits per heavy atom. The molecule has 2 rings (SSSR count). The molecule has 0 radical (unpaired) electrons. The Kier molecular flexibility index (Phi) is 2.80. The van der Waals surface area contributed by atoms with Crippen LogP contribution in [0.15, 0.2) is 11.1 Å². The van der Waals surface area contributed by atoms with Gasteiger partial charge in [-0.05, 0) is 31.1 Å². The van der Waals surface area contributed by atoms with Crippen molar-refractivity contribution in [3.8, 4) is 0 Å². The highest BCUT2D eigenvalue weighted by Gasteiger charge is 2.47. The number of hydrogen-bond acceptors (Lipinski definition) is 1. The number of nitrogens with one attached hydrogen (secondary N) is 1. The van der Waals surface area contributed by atoms with Gasteiger partial charge in [0.15, 0.2) is 0 Å². The van der Waals surface area contributed by atoms with Crippen molar-refractivity contribution in [2.75, 3.05) is 6.54 Å². The maximum absolute atomic E-state index is 3.85. The average molecular weight is 244 g/mol. The van der Waals surface area contributed by atoms with Crippen molar-refractivity contribution >= 4 is 15.9 Å². The summed E-state index contributed by atoms with van der Waals surface area (Å²) in [6.07, 6.45) is 8.65. The summed E-state index contributed by atoms with van der Waals surface area (Å²) < 4.78 is 1.08. The molecule has 0 aliphatic heterocycles. The van der Waals surface area contributed by atoms with Crippen LogP contribution in [0.1, 0.15) is 38.5 Å². The Morgan fingerprint density at radius 3 is 2.54 bits per heavy atom. The van der Waals surface area contributed by atoms with E-state index in [2.05, 4.69) is 27.8 Å². The van der Waals surface area contributed by atoms with Crippen LogP contribution in [-0.2, 0) is 0 Å². The van der Waals surface area contributed by atoms with Gasteiger partial charge in [-0.2, -0.15) is 0 Å². The second-order valence-corrected chi connectivity index (χ2v) is 5.68. The van der Waals surface area contributed by atoms with Crippen LogP contribution in [0.25, 0.3) is 0 Å². The van der Waals surface area contributed by atoms with Crippen LogP contribution in [0, 0.1) is 5.41 Å². The molecule has 0 heterocycles. The second kappa shape index (κ2) is 3.74. The van der Waals surface area contributed by atoms with Crippen LogP contribution in [0.2, 0.25) is 0 Å². The van der Waals surface area contributed by atoms with Gasteiger partial charge in [0.05, 0.1) is 0 Å². The van der Waals surface area contributed by atoms with Crippen LogP contribution < -0.4 is 5.32 Å². The lowest BCUT2D eigenvalue weighted by Gasteiger charge is -2.48. The molecule has 2 aliphatic carbocycles. The number of halogens is 1. The van der Waals surface area contributed by atoms with Crippen molar-refractivity contribution in [1.29, 1.82) is 0 Å². The molecule has 0 aromatic rings. The van der Waals surface area contributed by atoms with E-state index >= 15 is 0 Å². The standard InChI is InChI=1S/C11H18BrN/c1-9(12)8-13-10-4-7-11(10)5-2-3-6-11/h10,13H,1-8H2. The van der Waals surface area contributed by atoms with Crippen molar-refractivity contribution in [3.63, 3.8) is 0 Å². The topological polar surface area (TPSA) is 12.0 Å². The van der Waals surface area contributed by atoms with E-state index in [1.54, 1.807) is 0 Å². The van der Waals surface area contributed by atoms with Crippen molar-refractivity contribution in [2.24, 2.45) is 5.41 Å². The molecule has 0 amide bonds. The Hall–Kier alpha value is 0.180. The largest absolute Gasteiger partial charge is 0.309 e. The van der Waals surface area contributed by atoms with Crippen molar-refractivity contribution in [1.82, 2.24) is 5.32 Å². The monoisotopic (exact) mass is 243 g/mol.